The monoisotopic (exact) mass is 340 g/mol. The summed E-state index contributed by atoms with van der Waals surface area (Å²) in [4.78, 5) is 9.84. The van der Waals surface area contributed by atoms with Gasteiger partial charge in [-0.1, -0.05) is 17.3 Å². The highest BCUT2D eigenvalue weighted by Crippen LogP contribution is 2.23. The minimum Gasteiger partial charge on any atom is -0.486 e. The van der Waals surface area contributed by atoms with Crippen LogP contribution in [0.4, 0.5) is 0 Å². The molecule has 0 atom stereocenters. The average Bonchev–Trinajstić information content (AvgIpc) is 3.01. The summed E-state index contributed by atoms with van der Waals surface area (Å²) in [5.41, 5.74) is 2.89. The number of hydrogen-bond acceptors (Lipinski definition) is 5. The van der Waals surface area contributed by atoms with E-state index in [2.05, 4.69) is 16.2 Å². The number of aromatic nitrogens is 1. The van der Waals surface area contributed by atoms with Gasteiger partial charge in [-0.05, 0) is 62.7 Å². The van der Waals surface area contributed by atoms with Crippen molar-refractivity contribution in [3.63, 3.8) is 0 Å². The molecule has 4 nitrogen and oxygen atoms in total. The molecular formula is C19H20N2O2S. The molecule has 0 aliphatic rings. The van der Waals surface area contributed by atoms with E-state index in [1.807, 2.05) is 63.2 Å². The molecule has 0 bridgehead atoms. The van der Waals surface area contributed by atoms with E-state index >= 15 is 0 Å². The molecule has 1 heterocycles. The molecule has 0 N–H and O–H groups in total. The Kier molecular flexibility index (Phi) is 5.11. The third kappa shape index (κ3) is 4.11. The molecule has 0 unspecified atom stereocenters. The maximum atomic E-state index is 5.83. The van der Waals surface area contributed by atoms with Crippen molar-refractivity contribution in [2.45, 2.75) is 33.5 Å². The largest absolute Gasteiger partial charge is 0.486 e. The van der Waals surface area contributed by atoms with Gasteiger partial charge >= 0.3 is 0 Å². The van der Waals surface area contributed by atoms with Crippen molar-refractivity contribution in [1.29, 1.82) is 0 Å². The second kappa shape index (κ2) is 7.45. The standard InChI is InChI=1S/C19H20N2O2S/c1-13(2)23-21-14(3)15-8-10-16(11-9-15)22-12-19-20-17-6-4-5-7-18(17)24-19/h4-11,13H,12H2,1-3H3. The molecule has 3 aromatic rings. The minimum atomic E-state index is 0.0800. The Labute approximate surface area is 145 Å². The van der Waals surface area contributed by atoms with E-state index in [4.69, 9.17) is 9.57 Å². The van der Waals surface area contributed by atoms with Crippen molar-refractivity contribution in [2.75, 3.05) is 0 Å². The van der Waals surface area contributed by atoms with E-state index < -0.39 is 0 Å². The lowest BCUT2D eigenvalue weighted by Crippen LogP contribution is -2.01. The lowest BCUT2D eigenvalue weighted by atomic mass is 10.1. The molecule has 0 saturated carbocycles. The van der Waals surface area contributed by atoms with E-state index in [0.717, 1.165) is 27.5 Å². The summed E-state index contributed by atoms with van der Waals surface area (Å²) in [6.45, 7) is 6.31. The lowest BCUT2D eigenvalue weighted by molar-refractivity contribution is 0.0860. The van der Waals surface area contributed by atoms with Crippen molar-refractivity contribution >= 4 is 27.3 Å². The Morgan fingerprint density at radius 1 is 1.12 bits per heavy atom. The van der Waals surface area contributed by atoms with Crippen LogP contribution in [0.1, 0.15) is 31.3 Å². The van der Waals surface area contributed by atoms with Crippen LogP contribution in [0.3, 0.4) is 0 Å². The number of fused-ring (bicyclic) bond motifs is 1. The van der Waals surface area contributed by atoms with Gasteiger partial charge < -0.3 is 9.57 Å². The summed E-state index contributed by atoms with van der Waals surface area (Å²) in [6.07, 6.45) is 0.0800. The van der Waals surface area contributed by atoms with Gasteiger partial charge in [0.1, 0.15) is 23.5 Å². The third-order valence-electron chi connectivity index (χ3n) is 3.37. The van der Waals surface area contributed by atoms with E-state index in [1.165, 1.54) is 4.70 Å². The van der Waals surface area contributed by atoms with Crippen molar-refractivity contribution in [3.05, 3.63) is 59.1 Å². The van der Waals surface area contributed by atoms with Crippen LogP contribution in [0.25, 0.3) is 10.2 Å². The molecule has 3 rings (SSSR count). The summed E-state index contributed by atoms with van der Waals surface area (Å²) in [6, 6.07) is 16.0. The number of para-hydroxylation sites is 1. The summed E-state index contributed by atoms with van der Waals surface area (Å²) in [5, 5.41) is 5.08. The number of benzene rings is 2. The fraction of sp³-hybridized carbons (Fsp3) is 0.263. The highest BCUT2D eigenvalue weighted by Gasteiger charge is 2.05. The topological polar surface area (TPSA) is 43.7 Å². The van der Waals surface area contributed by atoms with Crippen LogP contribution in [0.5, 0.6) is 5.75 Å². The maximum absolute atomic E-state index is 5.83. The average molecular weight is 340 g/mol. The zero-order valence-electron chi connectivity index (χ0n) is 14.0. The van der Waals surface area contributed by atoms with Crippen LogP contribution in [0, 0.1) is 0 Å². The molecule has 2 aromatic carbocycles. The maximum Gasteiger partial charge on any atom is 0.140 e. The van der Waals surface area contributed by atoms with Crippen molar-refractivity contribution in [2.24, 2.45) is 5.16 Å². The fourth-order valence-corrected chi connectivity index (χ4v) is 3.04. The smallest absolute Gasteiger partial charge is 0.140 e. The summed E-state index contributed by atoms with van der Waals surface area (Å²) in [7, 11) is 0. The number of rotatable bonds is 6. The van der Waals surface area contributed by atoms with Gasteiger partial charge in [-0.25, -0.2) is 4.98 Å². The van der Waals surface area contributed by atoms with Gasteiger partial charge in [-0.3, -0.25) is 0 Å². The zero-order valence-corrected chi connectivity index (χ0v) is 14.8. The van der Waals surface area contributed by atoms with E-state index in [1.54, 1.807) is 11.3 Å². The van der Waals surface area contributed by atoms with Crippen molar-refractivity contribution in [3.8, 4) is 5.75 Å². The van der Waals surface area contributed by atoms with Crippen LogP contribution < -0.4 is 4.74 Å². The van der Waals surface area contributed by atoms with Crippen LogP contribution in [0.15, 0.2) is 53.7 Å². The second-order valence-corrected chi connectivity index (χ2v) is 6.83. The first-order valence-electron chi connectivity index (χ1n) is 7.90. The fourth-order valence-electron chi connectivity index (χ4n) is 2.16. The van der Waals surface area contributed by atoms with Gasteiger partial charge in [0.05, 0.1) is 15.9 Å². The molecule has 24 heavy (non-hydrogen) atoms. The van der Waals surface area contributed by atoms with Crippen LogP contribution in [-0.4, -0.2) is 16.8 Å². The predicted molar refractivity (Wildman–Crippen MR) is 98.8 cm³/mol. The molecule has 1 aromatic heterocycles. The van der Waals surface area contributed by atoms with Gasteiger partial charge in [0.2, 0.25) is 0 Å². The van der Waals surface area contributed by atoms with Gasteiger partial charge in [0.25, 0.3) is 0 Å². The van der Waals surface area contributed by atoms with Crippen LogP contribution in [-0.2, 0) is 11.4 Å². The minimum absolute atomic E-state index is 0.0800. The SMILES string of the molecule is CC(=NOC(C)C)c1ccc(OCc2nc3ccccc3s2)cc1. The Balaban J connectivity index is 1.62. The number of nitrogens with zero attached hydrogens (tertiary/aromatic N) is 2. The van der Waals surface area contributed by atoms with E-state index in [9.17, 15) is 0 Å². The van der Waals surface area contributed by atoms with Crippen LogP contribution in [0.2, 0.25) is 0 Å². The molecule has 0 spiro atoms. The first kappa shape index (κ1) is 16.5. The highest BCUT2D eigenvalue weighted by molar-refractivity contribution is 7.18. The summed E-state index contributed by atoms with van der Waals surface area (Å²) < 4.78 is 7.02. The van der Waals surface area contributed by atoms with E-state index in [-0.39, 0.29) is 6.10 Å². The van der Waals surface area contributed by atoms with Gasteiger partial charge in [0, 0.05) is 0 Å². The molecule has 0 saturated heterocycles. The summed E-state index contributed by atoms with van der Waals surface area (Å²) in [5.74, 6) is 0.815. The van der Waals surface area contributed by atoms with Gasteiger partial charge in [-0.2, -0.15) is 0 Å². The summed E-state index contributed by atoms with van der Waals surface area (Å²) >= 11 is 1.66. The Morgan fingerprint density at radius 2 is 1.88 bits per heavy atom. The van der Waals surface area contributed by atoms with Crippen molar-refractivity contribution in [1.82, 2.24) is 4.98 Å². The molecule has 5 heteroatoms. The molecule has 0 aliphatic carbocycles. The Morgan fingerprint density at radius 3 is 2.58 bits per heavy atom. The number of thiazole rings is 1. The Bertz CT molecular complexity index is 805. The van der Waals surface area contributed by atoms with Crippen molar-refractivity contribution < 1.29 is 9.57 Å². The number of oxime groups is 1. The number of hydrogen-bond donors (Lipinski definition) is 0. The normalized spacial score (nSPS) is 11.9. The lowest BCUT2D eigenvalue weighted by Gasteiger charge is -2.07. The van der Waals surface area contributed by atoms with E-state index in [0.29, 0.717) is 6.61 Å². The first-order valence-corrected chi connectivity index (χ1v) is 8.71. The molecule has 0 radical (unpaired) electrons. The van der Waals surface area contributed by atoms with Gasteiger partial charge in [-0.15, -0.1) is 11.3 Å². The zero-order chi connectivity index (χ0) is 16.9. The van der Waals surface area contributed by atoms with Crippen LogP contribution >= 0.6 is 11.3 Å². The molecule has 0 fully saturated rings. The molecule has 0 amide bonds. The quantitative estimate of drug-likeness (QED) is 0.467. The molecule has 0 aliphatic heterocycles. The Hall–Kier alpha value is -2.40. The third-order valence-corrected chi connectivity index (χ3v) is 4.38. The van der Waals surface area contributed by atoms with Gasteiger partial charge in [0.15, 0.2) is 0 Å². The predicted octanol–water partition coefficient (Wildman–Crippen LogP) is 5.02. The first-order chi connectivity index (χ1) is 11.6. The highest BCUT2D eigenvalue weighted by atomic mass is 32.1. The molecule has 124 valence electrons. The molecular weight excluding hydrogens is 320 g/mol. The number of ether oxygens (including phenoxy) is 1. The second-order valence-electron chi connectivity index (χ2n) is 5.72.